The maximum absolute atomic E-state index is 13.7. The SMILES string of the molecule is C=C1CC[C@@]23CC[C@]4(C)[C@](OC2=O)([C@H]2O[C@H]2[C@@H]2[C@@]5(C)CC[C@@H]6OC(C)(C)OC[C@@]6(C)[C@H]5CC[C@]24C)[C@H]3C1. The van der Waals surface area contributed by atoms with E-state index < -0.39 is 11.4 Å². The second kappa shape index (κ2) is 6.52. The van der Waals surface area contributed by atoms with Crippen LogP contribution in [0.15, 0.2) is 12.2 Å². The molecule has 8 rings (SSSR count). The first-order valence-corrected chi connectivity index (χ1v) is 15.1. The molecule has 5 heteroatoms. The lowest BCUT2D eigenvalue weighted by atomic mass is 9.31. The lowest BCUT2D eigenvalue weighted by Crippen LogP contribution is -2.75. The van der Waals surface area contributed by atoms with Gasteiger partial charge in [-0.3, -0.25) is 4.79 Å². The molecule has 8 aliphatic rings. The highest BCUT2D eigenvalue weighted by molar-refractivity contribution is 5.82. The lowest BCUT2D eigenvalue weighted by Gasteiger charge is -2.73. The van der Waals surface area contributed by atoms with Crippen molar-refractivity contribution in [3.63, 3.8) is 0 Å². The largest absolute Gasteiger partial charge is 0.455 e. The summed E-state index contributed by atoms with van der Waals surface area (Å²) in [6.45, 7) is 19.4. The van der Waals surface area contributed by atoms with Crippen LogP contribution in [0.5, 0.6) is 0 Å². The Hall–Kier alpha value is -0.910. The molecule has 3 aliphatic heterocycles. The van der Waals surface area contributed by atoms with Crippen molar-refractivity contribution in [3.05, 3.63) is 12.2 Å². The monoisotopic (exact) mass is 510 g/mol. The Labute approximate surface area is 222 Å². The fraction of sp³-hybridized carbons (Fsp3) is 0.906. The first-order valence-electron chi connectivity index (χ1n) is 15.1. The molecular formula is C32H46O5. The molecule has 1 spiro atoms. The summed E-state index contributed by atoms with van der Waals surface area (Å²) in [6.07, 6.45) is 9.93. The van der Waals surface area contributed by atoms with Crippen LogP contribution < -0.4 is 0 Å². The van der Waals surface area contributed by atoms with E-state index >= 15 is 0 Å². The van der Waals surface area contributed by atoms with E-state index in [4.69, 9.17) is 18.9 Å². The molecule has 5 saturated carbocycles. The smallest absolute Gasteiger partial charge is 0.313 e. The van der Waals surface area contributed by atoms with Crippen LogP contribution in [-0.2, 0) is 23.7 Å². The molecule has 0 unspecified atom stereocenters. The van der Waals surface area contributed by atoms with Gasteiger partial charge in [0.15, 0.2) is 11.4 Å². The van der Waals surface area contributed by atoms with Crippen LogP contribution in [0.1, 0.15) is 99.3 Å². The second-order valence-corrected chi connectivity index (χ2v) is 16.0. The zero-order valence-electron chi connectivity index (χ0n) is 23.8. The molecule has 204 valence electrons. The van der Waals surface area contributed by atoms with Gasteiger partial charge in [-0.2, -0.15) is 0 Å². The number of rotatable bonds is 0. The topological polar surface area (TPSA) is 57.3 Å². The summed E-state index contributed by atoms with van der Waals surface area (Å²) in [4.78, 5) is 13.7. The third-order valence-electron chi connectivity index (χ3n) is 14.5. The zero-order valence-corrected chi connectivity index (χ0v) is 23.8. The predicted octanol–water partition coefficient (Wildman–Crippen LogP) is 6.20. The molecule has 0 aromatic rings. The van der Waals surface area contributed by atoms with Crippen molar-refractivity contribution >= 4 is 5.97 Å². The van der Waals surface area contributed by atoms with Crippen molar-refractivity contribution in [1.82, 2.24) is 0 Å². The summed E-state index contributed by atoms with van der Waals surface area (Å²) < 4.78 is 26.5. The van der Waals surface area contributed by atoms with E-state index in [-0.39, 0.29) is 57.3 Å². The van der Waals surface area contributed by atoms with E-state index in [0.29, 0.717) is 11.8 Å². The molecule has 0 aromatic heterocycles. The van der Waals surface area contributed by atoms with Crippen molar-refractivity contribution in [3.8, 4) is 0 Å². The Kier molecular flexibility index (Phi) is 4.22. The normalized spacial score (nSPS) is 62.6. The van der Waals surface area contributed by atoms with Crippen molar-refractivity contribution in [2.45, 2.75) is 129 Å². The molecule has 5 nitrogen and oxygen atoms in total. The first-order chi connectivity index (χ1) is 17.3. The quantitative estimate of drug-likeness (QED) is 0.221. The second-order valence-electron chi connectivity index (χ2n) is 16.0. The van der Waals surface area contributed by atoms with Gasteiger partial charge in [-0.1, -0.05) is 39.8 Å². The minimum Gasteiger partial charge on any atom is -0.455 e. The van der Waals surface area contributed by atoms with Gasteiger partial charge in [-0.25, -0.2) is 0 Å². The van der Waals surface area contributed by atoms with Crippen LogP contribution in [-0.4, -0.2) is 42.3 Å². The van der Waals surface area contributed by atoms with Crippen LogP contribution in [0, 0.1) is 44.8 Å². The van der Waals surface area contributed by atoms with E-state index in [2.05, 4.69) is 48.1 Å². The average molecular weight is 511 g/mol. The number of fused-ring (bicyclic) bond motifs is 8. The Balaban J connectivity index is 1.23. The molecule has 5 aliphatic carbocycles. The van der Waals surface area contributed by atoms with Crippen LogP contribution in [0.25, 0.3) is 0 Å². The van der Waals surface area contributed by atoms with Gasteiger partial charge in [0.05, 0.1) is 24.2 Å². The third kappa shape index (κ3) is 2.38. The summed E-state index contributed by atoms with van der Waals surface area (Å²) in [5.41, 5.74) is 0.646. The molecular weight excluding hydrogens is 464 g/mol. The molecule has 8 fully saturated rings. The van der Waals surface area contributed by atoms with Crippen LogP contribution in [0.2, 0.25) is 0 Å². The van der Waals surface area contributed by atoms with Crippen LogP contribution >= 0.6 is 0 Å². The first kappa shape index (κ1) is 23.9. The minimum atomic E-state index is -0.499. The number of esters is 1. The summed E-state index contributed by atoms with van der Waals surface area (Å²) in [5.74, 6) is 0.810. The van der Waals surface area contributed by atoms with Crippen LogP contribution in [0.3, 0.4) is 0 Å². The summed E-state index contributed by atoms with van der Waals surface area (Å²) >= 11 is 0. The molecule has 3 saturated heterocycles. The van der Waals surface area contributed by atoms with E-state index in [1.807, 2.05) is 0 Å². The number of allylic oxidation sites excluding steroid dienone is 1. The molecule has 0 radical (unpaired) electrons. The van der Waals surface area contributed by atoms with E-state index in [1.54, 1.807) is 0 Å². The van der Waals surface area contributed by atoms with Crippen molar-refractivity contribution in [1.29, 1.82) is 0 Å². The fourth-order valence-corrected chi connectivity index (χ4v) is 12.6. The van der Waals surface area contributed by atoms with Crippen molar-refractivity contribution in [2.24, 2.45) is 44.8 Å². The van der Waals surface area contributed by atoms with Crippen molar-refractivity contribution in [2.75, 3.05) is 6.61 Å². The highest BCUT2D eigenvalue weighted by atomic mass is 16.7. The van der Waals surface area contributed by atoms with E-state index in [9.17, 15) is 4.79 Å². The fourth-order valence-electron chi connectivity index (χ4n) is 12.6. The summed E-state index contributed by atoms with van der Waals surface area (Å²) in [6, 6.07) is 0. The van der Waals surface area contributed by atoms with Gasteiger partial charge < -0.3 is 18.9 Å². The maximum atomic E-state index is 13.7. The number of carbonyl (C=O) groups excluding carboxylic acids is 1. The minimum absolute atomic E-state index is 0.0208. The number of hydrogen-bond acceptors (Lipinski definition) is 5. The number of carbonyl (C=O) groups is 1. The number of epoxide rings is 1. The Morgan fingerprint density at radius 2 is 1.68 bits per heavy atom. The third-order valence-corrected chi connectivity index (χ3v) is 14.5. The molecule has 2 bridgehead atoms. The number of ether oxygens (including phenoxy) is 4. The summed E-state index contributed by atoms with van der Waals surface area (Å²) in [5, 5.41) is 0. The molecule has 0 amide bonds. The predicted molar refractivity (Wildman–Crippen MR) is 138 cm³/mol. The number of hydrogen-bond donors (Lipinski definition) is 0. The van der Waals surface area contributed by atoms with E-state index in [1.165, 1.54) is 18.4 Å². The molecule has 12 atom stereocenters. The Bertz CT molecular complexity index is 1110. The Morgan fingerprint density at radius 3 is 2.46 bits per heavy atom. The molecule has 3 heterocycles. The van der Waals surface area contributed by atoms with Gasteiger partial charge in [0.25, 0.3) is 0 Å². The van der Waals surface area contributed by atoms with Gasteiger partial charge in [-0.05, 0) is 94.3 Å². The zero-order chi connectivity index (χ0) is 26.0. The molecule has 0 aromatic carbocycles. The summed E-state index contributed by atoms with van der Waals surface area (Å²) in [7, 11) is 0. The van der Waals surface area contributed by atoms with E-state index in [0.717, 1.165) is 51.6 Å². The lowest BCUT2D eigenvalue weighted by molar-refractivity contribution is -0.355. The average Bonchev–Trinajstić information content (AvgIpc) is 3.58. The van der Waals surface area contributed by atoms with Crippen LogP contribution in [0.4, 0.5) is 0 Å². The van der Waals surface area contributed by atoms with Crippen molar-refractivity contribution < 1.29 is 23.7 Å². The maximum Gasteiger partial charge on any atom is 0.313 e. The highest BCUT2D eigenvalue weighted by Crippen LogP contribution is 2.83. The van der Waals surface area contributed by atoms with Gasteiger partial charge in [-0.15, -0.1) is 0 Å². The molecule has 0 N–H and O–H groups in total. The molecule has 37 heavy (non-hydrogen) atoms. The van der Waals surface area contributed by atoms with Gasteiger partial charge in [0, 0.05) is 16.7 Å². The van der Waals surface area contributed by atoms with Gasteiger partial charge in [0.2, 0.25) is 0 Å². The highest BCUT2D eigenvalue weighted by Gasteiger charge is 2.89. The Morgan fingerprint density at radius 1 is 0.892 bits per heavy atom. The standard InChI is InChI=1S/C32H46O5/c1-18-8-13-31-15-14-30(7)29(6)12-9-19-27(4,11-10-21-28(19,5)17-34-26(2,3)36-21)23(29)22-24(35-22)32(30,20(31)16-18)37-25(31)33/h19-24H,1,8-17H2,2-7H3/t19-,20-,21-,22-,23+,24-,27-,28-,29+,30-,31-,32+/m0/s1. The van der Waals surface area contributed by atoms with Gasteiger partial charge in [0.1, 0.15) is 6.10 Å². The van der Waals surface area contributed by atoms with Gasteiger partial charge >= 0.3 is 5.97 Å².